The van der Waals surface area contributed by atoms with Crippen molar-refractivity contribution in [2.24, 2.45) is 7.05 Å². The fraction of sp³-hybridized carbons (Fsp3) is 0.286. The second-order valence-electron chi connectivity index (χ2n) is 4.39. The predicted molar refractivity (Wildman–Crippen MR) is 78.8 cm³/mol. The summed E-state index contributed by atoms with van der Waals surface area (Å²) < 4.78 is 2.74. The van der Waals surface area contributed by atoms with Crippen molar-refractivity contribution >= 4 is 21.6 Å². The van der Waals surface area contributed by atoms with Crippen molar-refractivity contribution in [3.05, 3.63) is 45.7 Å². The lowest BCUT2D eigenvalue weighted by Gasteiger charge is -2.15. The maximum Gasteiger partial charge on any atom is 0.143 e. The van der Waals surface area contributed by atoms with Crippen LogP contribution in [0.5, 0.6) is 0 Å². The first-order valence-electron chi connectivity index (χ1n) is 5.95. The SMILES string of the molecule is Cc1nn(C)c(C)c1C(C#N)Nc1ccccc1Br. The molecule has 2 rings (SSSR count). The molecular weight excluding hydrogens is 304 g/mol. The first-order valence-corrected chi connectivity index (χ1v) is 6.74. The molecular formula is C14H15BrN4. The van der Waals surface area contributed by atoms with Gasteiger partial charge in [-0.15, -0.1) is 0 Å². The Balaban J connectivity index is 2.37. The normalized spacial score (nSPS) is 11.9. The molecule has 0 spiro atoms. The molecule has 5 heteroatoms. The van der Waals surface area contributed by atoms with Crippen LogP contribution in [0, 0.1) is 25.2 Å². The number of rotatable bonds is 3. The Morgan fingerprint density at radius 1 is 1.37 bits per heavy atom. The molecule has 0 bridgehead atoms. The molecule has 1 N–H and O–H groups in total. The van der Waals surface area contributed by atoms with Crippen LogP contribution >= 0.6 is 15.9 Å². The van der Waals surface area contributed by atoms with Crippen LogP contribution in [0.25, 0.3) is 0 Å². The Bertz CT molecular complexity index is 639. The minimum atomic E-state index is -0.410. The van der Waals surface area contributed by atoms with Crippen LogP contribution in [-0.4, -0.2) is 9.78 Å². The van der Waals surface area contributed by atoms with Gasteiger partial charge in [0.05, 0.1) is 11.8 Å². The second kappa shape index (κ2) is 5.45. The third-order valence-electron chi connectivity index (χ3n) is 3.16. The number of aromatic nitrogens is 2. The molecule has 0 saturated carbocycles. The minimum absolute atomic E-state index is 0.410. The summed E-state index contributed by atoms with van der Waals surface area (Å²) in [6.07, 6.45) is 0. The van der Waals surface area contributed by atoms with Gasteiger partial charge in [0, 0.05) is 28.5 Å². The van der Waals surface area contributed by atoms with Gasteiger partial charge in [0.2, 0.25) is 0 Å². The Morgan fingerprint density at radius 3 is 2.58 bits per heavy atom. The van der Waals surface area contributed by atoms with Gasteiger partial charge < -0.3 is 5.32 Å². The Morgan fingerprint density at radius 2 is 2.05 bits per heavy atom. The van der Waals surface area contributed by atoms with Gasteiger partial charge in [0.15, 0.2) is 0 Å². The van der Waals surface area contributed by atoms with Gasteiger partial charge in [-0.25, -0.2) is 0 Å². The Hall–Kier alpha value is -1.80. The van der Waals surface area contributed by atoms with Crippen LogP contribution < -0.4 is 5.32 Å². The van der Waals surface area contributed by atoms with E-state index in [1.807, 2.05) is 45.2 Å². The molecule has 0 aliphatic carbocycles. The van der Waals surface area contributed by atoms with Crippen LogP contribution in [0.3, 0.4) is 0 Å². The van der Waals surface area contributed by atoms with Crippen LogP contribution in [0.4, 0.5) is 5.69 Å². The molecule has 1 aromatic carbocycles. The maximum absolute atomic E-state index is 9.42. The van der Waals surface area contributed by atoms with Crippen molar-refractivity contribution in [1.29, 1.82) is 5.26 Å². The molecule has 1 unspecified atom stereocenters. The van der Waals surface area contributed by atoms with Crippen molar-refractivity contribution in [2.75, 3.05) is 5.32 Å². The Labute approximate surface area is 121 Å². The summed E-state index contributed by atoms with van der Waals surface area (Å²) in [6.45, 7) is 3.90. The van der Waals surface area contributed by atoms with E-state index in [-0.39, 0.29) is 0 Å². The standard InChI is InChI=1S/C14H15BrN4/c1-9-14(10(2)19(3)18-9)13(8-16)17-12-7-5-4-6-11(12)15/h4-7,13,17H,1-3H3. The van der Waals surface area contributed by atoms with Crippen molar-refractivity contribution in [2.45, 2.75) is 19.9 Å². The zero-order chi connectivity index (χ0) is 14.0. The highest BCUT2D eigenvalue weighted by atomic mass is 79.9. The molecule has 19 heavy (non-hydrogen) atoms. The number of aryl methyl sites for hydroxylation is 2. The monoisotopic (exact) mass is 318 g/mol. The Kier molecular flexibility index (Phi) is 3.91. The summed E-state index contributed by atoms with van der Waals surface area (Å²) in [5.74, 6) is 0. The molecule has 0 aliphatic rings. The largest absolute Gasteiger partial charge is 0.365 e. The fourth-order valence-electron chi connectivity index (χ4n) is 2.11. The van der Waals surface area contributed by atoms with Crippen LogP contribution in [0.1, 0.15) is 23.0 Å². The number of para-hydroxylation sites is 1. The quantitative estimate of drug-likeness (QED) is 0.942. The van der Waals surface area contributed by atoms with Crippen LogP contribution in [0.15, 0.2) is 28.7 Å². The second-order valence-corrected chi connectivity index (χ2v) is 5.25. The molecule has 98 valence electrons. The average Bonchev–Trinajstić information content (AvgIpc) is 2.63. The molecule has 0 fully saturated rings. The van der Waals surface area contributed by atoms with E-state index in [1.165, 1.54) is 0 Å². The topological polar surface area (TPSA) is 53.6 Å². The summed E-state index contributed by atoms with van der Waals surface area (Å²) in [4.78, 5) is 0. The van der Waals surface area contributed by atoms with Crippen LogP contribution in [-0.2, 0) is 7.05 Å². The predicted octanol–water partition coefficient (Wildman–Crippen LogP) is 3.48. The zero-order valence-corrected chi connectivity index (χ0v) is 12.7. The van der Waals surface area contributed by atoms with Gasteiger partial charge in [-0.2, -0.15) is 10.4 Å². The van der Waals surface area contributed by atoms with Gasteiger partial charge in [-0.3, -0.25) is 4.68 Å². The smallest absolute Gasteiger partial charge is 0.143 e. The molecule has 1 heterocycles. The highest BCUT2D eigenvalue weighted by Gasteiger charge is 2.20. The van der Waals surface area contributed by atoms with Gasteiger partial charge in [-0.05, 0) is 41.9 Å². The average molecular weight is 319 g/mol. The van der Waals surface area contributed by atoms with Crippen molar-refractivity contribution in [3.63, 3.8) is 0 Å². The lowest BCUT2D eigenvalue weighted by molar-refractivity contribution is 0.729. The van der Waals surface area contributed by atoms with Gasteiger partial charge in [0.25, 0.3) is 0 Å². The number of benzene rings is 1. The van der Waals surface area contributed by atoms with E-state index < -0.39 is 6.04 Å². The number of hydrogen-bond donors (Lipinski definition) is 1. The third kappa shape index (κ3) is 2.64. The van der Waals surface area contributed by atoms with Crippen LogP contribution in [0.2, 0.25) is 0 Å². The van der Waals surface area contributed by atoms with E-state index in [4.69, 9.17) is 0 Å². The van der Waals surface area contributed by atoms with Crippen molar-refractivity contribution in [1.82, 2.24) is 9.78 Å². The molecule has 0 saturated heterocycles. The number of nitriles is 1. The summed E-state index contributed by atoms with van der Waals surface area (Å²) in [7, 11) is 1.89. The highest BCUT2D eigenvalue weighted by molar-refractivity contribution is 9.10. The first kappa shape index (κ1) is 13.6. The van der Waals surface area contributed by atoms with E-state index in [1.54, 1.807) is 4.68 Å². The summed E-state index contributed by atoms with van der Waals surface area (Å²) in [5.41, 5.74) is 3.73. The lowest BCUT2D eigenvalue weighted by Crippen LogP contribution is -2.11. The number of nitrogens with zero attached hydrogens (tertiary/aromatic N) is 3. The van der Waals surface area contributed by atoms with Crippen molar-refractivity contribution in [3.8, 4) is 6.07 Å². The molecule has 1 aromatic heterocycles. The first-order chi connectivity index (χ1) is 9.04. The van der Waals surface area contributed by atoms with E-state index in [9.17, 15) is 5.26 Å². The van der Waals surface area contributed by atoms with Crippen molar-refractivity contribution < 1.29 is 0 Å². The summed E-state index contributed by atoms with van der Waals surface area (Å²) in [6, 6.07) is 9.65. The molecule has 4 nitrogen and oxygen atoms in total. The lowest BCUT2D eigenvalue weighted by atomic mass is 10.1. The van der Waals surface area contributed by atoms with E-state index in [0.29, 0.717) is 0 Å². The van der Waals surface area contributed by atoms with Gasteiger partial charge in [0.1, 0.15) is 6.04 Å². The molecule has 0 radical (unpaired) electrons. The van der Waals surface area contributed by atoms with E-state index in [0.717, 1.165) is 27.1 Å². The number of anilines is 1. The van der Waals surface area contributed by atoms with Gasteiger partial charge >= 0.3 is 0 Å². The maximum atomic E-state index is 9.42. The molecule has 0 amide bonds. The highest BCUT2D eigenvalue weighted by Crippen LogP contribution is 2.28. The molecule has 1 atom stereocenters. The molecule has 2 aromatic rings. The number of halogens is 1. The number of nitrogens with one attached hydrogen (secondary N) is 1. The zero-order valence-electron chi connectivity index (χ0n) is 11.1. The summed E-state index contributed by atoms with van der Waals surface area (Å²) in [5, 5.41) is 17.0. The van der Waals surface area contributed by atoms with E-state index >= 15 is 0 Å². The fourth-order valence-corrected chi connectivity index (χ4v) is 2.51. The van der Waals surface area contributed by atoms with Gasteiger partial charge in [-0.1, -0.05) is 12.1 Å². The minimum Gasteiger partial charge on any atom is -0.365 e. The van der Waals surface area contributed by atoms with E-state index in [2.05, 4.69) is 32.4 Å². The summed E-state index contributed by atoms with van der Waals surface area (Å²) >= 11 is 3.48. The third-order valence-corrected chi connectivity index (χ3v) is 3.85. The number of hydrogen-bond acceptors (Lipinski definition) is 3. The molecule has 0 aliphatic heterocycles.